The highest BCUT2D eigenvalue weighted by atomic mass is 16.5. The van der Waals surface area contributed by atoms with E-state index in [0.29, 0.717) is 24.2 Å². The average molecular weight is 515 g/mol. The molecule has 37 heavy (non-hydrogen) atoms. The van der Waals surface area contributed by atoms with Gasteiger partial charge >= 0.3 is 5.97 Å². The lowest BCUT2D eigenvalue weighted by atomic mass is 9.45. The van der Waals surface area contributed by atoms with Gasteiger partial charge in [-0.15, -0.1) is 0 Å². The first-order valence-corrected chi connectivity index (χ1v) is 13.1. The molecule has 5 atom stereocenters. The molecule has 7 nitrogen and oxygen atoms in total. The van der Waals surface area contributed by atoms with E-state index in [0.717, 1.165) is 30.4 Å². The molecule has 0 aromatic heterocycles. The Morgan fingerprint density at radius 1 is 1.27 bits per heavy atom. The second-order valence-corrected chi connectivity index (χ2v) is 10.8. The van der Waals surface area contributed by atoms with Gasteiger partial charge in [0.2, 0.25) is 0 Å². The number of aromatic hydroxyl groups is 1. The van der Waals surface area contributed by atoms with Gasteiger partial charge in [0.25, 0.3) is 0 Å². The molecule has 0 bridgehead atoms. The fourth-order valence-electron chi connectivity index (χ4n) is 6.50. The van der Waals surface area contributed by atoms with Crippen molar-refractivity contribution < 1.29 is 34.7 Å². The largest absolute Gasteiger partial charge is 0.504 e. The van der Waals surface area contributed by atoms with E-state index in [1.54, 1.807) is 24.3 Å². The lowest BCUT2D eigenvalue weighted by Gasteiger charge is -2.60. The summed E-state index contributed by atoms with van der Waals surface area (Å²) in [5.74, 6) is 0.168. The predicted molar refractivity (Wildman–Crippen MR) is 143 cm³/mol. The van der Waals surface area contributed by atoms with Crippen molar-refractivity contribution in [1.29, 1.82) is 0 Å². The number of carbonyl (C=O) groups is 1. The molecule has 1 fully saturated rings. The number of allylic oxidation sites excluding steroid dienone is 1. The lowest BCUT2D eigenvalue weighted by Crippen LogP contribution is -2.60. The number of fused-ring (bicyclic) bond motifs is 1. The summed E-state index contributed by atoms with van der Waals surface area (Å²) in [7, 11) is 1.46. The van der Waals surface area contributed by atoms with E-state index in [1.807, 2.05) is 6.92 Å². The third-order valence-corrected chi connectivity index (χ3v) is 8.99. The number of carbonyl (C=O) groups excluding carboxylic acids is 1. The molecule has 2 aliphatic carbocycles. The van der Waals surface area contributed by atoms with E-state index in [1.165, 1.54) is 19.3 Å². The normalized spacial score (nSPS) is 30.1. The second kappa shape index (κ2) is 12.3. The lowest BCUT2D eigenvalue weighted by molar-refractivity contribution is -0.169. The minimum atomic E-state index is -0.676. The summed E-state index contributed by atoms with van der Waals surface area (Å²) < 4.78 is 10.9. The van der Waals surface area contributed by atoms with Gasteiger partial charge in [0.1, 0.15) is 6.61 Å². The van der Waals surface area contributed by atoms with Crippen LogP contribution in [0.15, 0.2) is 47.6 Å². The highest BCUT2D eigenvalue weighted by Gasteiger charge is 2.60. The molecular formula is C30H42O7. The number of ether oxygens (including phenoxy) is 2. The van der Waals surface area contributed by atoms with Gasteiger partial charge in [-0.2, -0.15) is 0 Å². The van der Waals surface area contributed by atoms with Crippen LogP contribution in [-0.4, -0.2) is 59.4 Å². The molecule has 0 radical (unpaired) electrons. The van der Waals surface area contributed by atoms with Crippen molar-refractivity contribution in [2.24, 2.45) is 22.7 Å². The fourth-order valence-corrected chi connectivity index (χ4v) is 6.50. The number of hydrogen-bond donors (Lipinski definition) is 4. The Labute approximate surface area is 220 Å². The van der Waals surface area contributed by atoms with Gasteiger partial charge in [0.15, 0.2) is 11.5 Å². The molecular weight excluding hydrogens is 472 g/mol. The minimum absolute atomic E-state index is 0.0217. The number of aliphatic hydroxyl groups excluding tert-OH is 3. The van der Waals surface area contributed by atoms with Gasteiger partial charge in [-0.1, -0.05) is 37.6 Å². The van der Waals surface area contributed by atoms with Crippen LogP contribution in [0.3, 0.4) is 0 Å². The summed E-state index contributed by atoms with van der Waals surface area (Å²) in [5, 5.41) is 40.3. The molecule has 1 aromatic carbocycles. The van der Waals surface area contributed by atoms with Crippen LogP contribution in [0.2, 0.25) is 0 Å². The summed E-state index contributed by atoms with van der Waals surface area (Å²) in [6.45, 7) is 6.37. The van der Waals surface area contributed by atoms with E-state index in [-0.39, 0.29) is 42.8 Å². The first-order valence-electron chi connectivity index (χ1n) is 13.1. The van der Waals surface area contributed by atoms with E-state index in [4.69, 9.17) is 9.47 Å². The number of esters is 1. The predicted octanol–water partition coefficient (Wildman–Crippen LogP) is 4.40. The SMILES string of the molecule is COc1cc(/C=C/C(=O)OC[C@]23C(C)=CCC[C@@H]2[C@@](C)(CC/C(=C/CO)CO)[C@H](C)C[C@H]3O)ccc1O. The number of aliphatic hydroxyl groups is 3. The van der Waals surface area contributed by atoms with Crippen LogP contribution >= 0.6 is 0 Å². The van der Waals surface area contributed by atoms with E-state index in [2.05, 4.69) is 19.9 Å². The first-order chi connectivity index (χ1) is 17.6. The Morgan fingerprint density at radius 2 is 2.03 bits per heavy atom. The number of rotatable bonds is 10. The molecule has 1 aromatic rings. The Balaban J connectivity index is 1.82. The minimum Gasteiger partial charge on any atom is -0.504 e. The topological polar surface area (TPSA) is 116 Å². The van der Waals surface area contributed by atoms with Crippen LogP contribution < -0.4 is 4.74 Å². The van der Waals surface area contributed by atoms with Gasteiger partial charge < -0.3 is 29.9 Å². The highest BCUT2D eigenvalue weighted by Crippen LogP contribution is 2.62. The molecule has 0 spiro atoms. The number of methoxy groups -OCH3 is 1. The average Bonchev–Trinajstić information content (AvgIpc) is 2.88. The van der Waals surface area contributed by atoms with Crippen molar-refractivity contribution in [2.45, 2.75) is 59.0 Å². The van der Waals surface area contributed by atoms with Crippen molar-refractivity contribution in [3.8, 4) is 11.5 Å². The zero-order chi connectivity index (χ0) is 27.2. The standard InChI is InChI=1S/C30H42O7/c1-20-6-5-7-26-29(3,14-12-23(18-32)13-15-31)21(2)16-27(34)30(20,26)19-37-28(35)11-9-22-8-10-24(33)25(17-22)36-4/h6,8-11,13,17,21,26-27,31-34H,5,7,12,14-16,18-19H2,1-4H3/b11-9+,23-13-/t21-,26-,27-,29+,30+/m1/s1. The van der Waals surface area contributed by atoms with Crippen LogP contribution in [0.5, 0.6) is 11.5 Å². The van der Waals surface area contributed by atoms with E-state index < -0.39 is 17.5 Å². The summed E-state index contributed by atoms with van der Waals surface area (Å²) in [6.07, 6.45) is 10.0. The Hall–Kier alpha value is -2.61. The Morgan fingerprint density at radius 3 is 2.70 bits per heavy atom. The van der Waals surface area contributed by atoms with Gasteiger partial charge in [0, 0.05) is 6.08 Å². The number of hydrogen-bond acceptors (Lipinski definition) is 7. The Bertz CT molecular complexity index is 1040. The fraction of sp³-hybridized carbons (Fsp3) is 0.567. The third kappa shape index (κ3) is 5.95. The van der Waals surface area contributed by atoms with E-state index >= 15 is 0 Å². The van der Waals surface area contributed by atoms with Crippen molar-refractivity contribution in [2.75, 3.05) is 26.9 Å². The molecule has 0 heterocycles. The van der Waals surface area contributed by atoms with Crippen LogP contribution in [0.1, 0.15) is 58.4 Å². The number of benzene rings is 1. The van der Waals surface area contributed by atoms with Gasteiger partial charge in [0.05, 0.1) is 31.8 Å². The maximum Gasteiger partial charge on any atom is 0.330 e. The monoisotopic (exact) mass is 514 g/mol. The zero-order valence-electron chi connectivity index (χ0n) is 22.4. The Kier molecular flexibility index (Phi) is 9.62. The molecule has 4 N–H and O–H groups in total. The molecule has 3 rings (SSSR count). The molecule has 1 saturated carbocycles. The molecule has 0 saturated heterocycles. The summed E-state index contributed by atoms with van der Waals surface area (Å²) in [5.41, 5.74) is 1.74. The second-order valence-electron chi connectivity index (χ2n) is 10.8. The smallest absolute Gasteiger partial charge is 0.330 e. The highest BCUT2D eigenvalue weighted by molar-refractivity contribution is 5.87. The number of phenolic OH excluding ortho intramolecular Hbond substituents is 1. The van der Waals surface area contributed by atoms with Crippen LogP contribution in [0.25, 0.3) is 6.08 Å². The van der Waals surface area contributed by atoms with Crippen molar-refractivity contribution in [1.82, 2.24) is 0 Å². The molecule has 7 heteroatoms. The first kappa shape index (κ1) is 29.0. The quantitative estimate of drug-likeness (QED) is 0.208. The maximum atomic E-state index is 12.8. The molecule has 0 aliphatic heterocycles. The van der Waals surface area contributed by atoms with E-state index in [9.17, 15) is 25.2 Å². The summed E-state index contributed by atoms with van der Waals surface area (Å²) in [6, 6.07) is 4.81. The van der Waals surface area contributed by atoms with Crippen molar-refractivity contribution in [3.05, 3.63) is 53.1 Å². The molecule has 2 aliphatic rings. The summed E-state index contributed by atoms with van der Waals surface area (Å²) in [4.78, 5) is 12.8. The zero-order valence-corrected chi connectivity index (χ0v) is 22.4. The van der Waals surface area contributed by atoms with Crippen molar-refractivity contribution >= 4 is 12.0 Å². The molecule has 0 amide bonds. The summed E-state index contributed by atoms with van der Waals surface area (Å²) >= 11 is 0. The van der Waals surface area contributed by atoms with Gasteiger partial charge in [-0.25, -0.2) is 4.79 Å². The van der Waals surface area contributed by atoms with Gasteiger partial charge in [-0.05, 0) is 85.6 Å². The third-order valence-electron chi connectivity index (χ3n) is 8.99. The van der Waals surface area contributed by atoms with Crippen molar-refractivity contribution in [3.63, 3.8) is 0 Å². The van der Waals surface area contributed by atoms with Crippen LogP contribution in [0.4, 0.5) is 0 Å². The van der Waals surface area contributed by atoms with Crippen LogP contribution in [-0.2, 0) is 9.53 Å². The number of phenols is 1. The van der Waals surface area contributed by atoms with Crippen LogP contribution in [0, 0.1) is 22.7 Å². The molecule has 0 unspecified atom stereocenters. The maximum absolute atomic E-state index is 12.8. The molecule has 204 valence electrons. The van der Waals surface area contributed by atoms with Gasteiger partial charge in [-0.3, -0.25) is 0 Å².